The maximum Gasteiger partial charge on any atom is 0.128 e. The van der Waals surface area contributed by atoms with E-state index in [0.29, 0.717) is 13.2 Å². The van der Waals surface area contributed by atoms with Crippen LogP contribution in [0.5, 0.6) is 0 Å². The van der Waals surface area contributed by atoms with Crippen molar-refractivity contribution in [2.45, 2.75) is 33.4 Å². The van der Waals surface area contributed by atoms with Gasteiger partial charge in [-0.3, -0.25) is 0 Å². The summed E-state index contributed by atoms with van der Waals surface area (Å²) < 4.78 is 18.6. The number of nitrogens with two attached hydrogens (primary N) is 1. The van der Waals surface area contributed by atoms with Gasteiger partial charge in [-0.05, 0) is 18.9 Å². The molecule has 0 aromatic rings. The summed E-state index contributed by atoms with van der Waals surface area (Å²) in [5.74, 6) is 0.210. The third kappa shape index (κ3) is 5.21. The number of ether oxygens (including phenoxy) is 1. The molecule has 0 saturated carbocycles. The molecule has 2 unspecified atom stereocenters. The number of halogens is 1. The van der Waals surface area contributed by atoms with Gasteiger partial charge in [0.2, 0.25) is 0 Å². The molecule has 0 aliphatic heterocycles. The third-order valence-corrected chi connectivity index (χ3v) is 2.22. The summed E-state index contributed by atoms with van der Waals surface area (Å²) in [7, 11) is 0. The van der Waals surface area contributed by atoms with E-state index in [2.05, 4.69) is 0 Å². The Labute approximate surface area is 80.6 Å². The van der Waals surface area contributed by atoms with E-state index >= 15 is 0 Å². The normalized spacial score (nSPS) is 16.2. The van der Waals surface area contributed by atoms with Crippen molar-refractivity contribution in [3.63, 3.8) is 0 Å². The summed E-state index contributed by atoms with van der Waals surface area (Å²) in [4.78, 5) is 0. The second kappa shape index (κ2) is 7.27. The summed E-state index contributed by atoms with van der Waals surface area (Å²) in [5, 5.41) is 0. The third-order valence-electron chi connectivity index (χ3n) is 2.22. The number of rotatable bonds is 7. The monoisotopic (exact) mass is 191 g/mol. The molecule has 2 atom stereocenters. The zero-order chi connectivity index (χ0) is 10.3. The minimum absolute atomic E-state index is 0.0724. The molecule has 0 aliphatic carbocycles. The van der Waals surface area contributed by atoms with Crippen molar-refractivity contribution < 1.29 is 9.13 Å². The van der Waals surface area contributed by atoms with Crippen LogP contribution >= 0.6 is 0 Å². The van der Waals surface area contributed by atoms with Gasteiger partial charge in [0, 0.05) is 12.5 Å². The van der Waals surface area contributed by atoms with Gasteiger partial charge in [0.1, 0.15) is 6.17 Å². The Balaban J connectivity index is 3.70. The van der Waals surface area contributed by atoms with Crippen LogP contribution in [0.15, 0.2) is 0 Å². The first-order valence-corrected chi connectivity index (χ1v) is 5.05. The molecule has 0 rings (SSSR count). The molecule has 13 heavy (non-hydrogen) atoms. The topological polar surface area (TPSA) is 35.2 Å². The highest BCUT2D eigenvalue weighted by atomic mass is 19.1. The molecule has 0 bridgehead atoms. The van der Waals surface area contributed by atoms with Gasteiger partial charge in [0.15, 0.2) is 0 Å². The van der Waals surface area contributed by atoms with Crippen LogP contribution in [0.1, 0.15) is 27.2 Å². The smallest absolute Gasteiger partial charge is 0.128 e. The molecular weight excluding hydrogens is 169 g/mol. The maximum absolute atomic E-state index is 13.4. The Morgan fingerprint density at radius 3 is 2.38 bits per heavy atom. The summed E-state index contributed by atoms with van der Waals surface area (Å²) >= 11 is 0. The van der Waals surface area contributed by atoms with Crippen LogP contribution in [-0.2, 0) is 4.74 Å². The van der Waals surface area contributed by atoms with Crippen LogP contribution in [-0.4, -0.2) is 25.9 Å². The average molecular weight is 191 g/mol. The number of alkyl halides is 1. The van der Waals surface area contributed by atoms with Crippen LogP contribution in [0.2, 0.25) is 0 Å². The molecule has 0 amide bonds. The summed E-state index contributed by atoms with van der Waals surface area (Å²) in [6.07, 6.45) is 0.0124. The molecule has 0 fully saturated rings. The lowest BCUT2D eigenvalue weighted by atomic mass is 9.91. The van der Waals surface area contributed by atoms with Crippen molar-refractivity contribution in [2.24, 2.45) is 17.6 Å². The molecular formula is C10H22FNO. The molecule has 0 aliphatic rings. The van der Waals surface area contributed by atoms with Crippen molar-refractivity contribution in [1.29, 1.82) is 0 Å². The lowest BCUT2D eigenvalue weighted by Crippen LogP contribution is -2.32. The van der Waals surface area contributed by atoms with Gasteiger partial charge < -0.3 is 10.5 Å². The number of hydrogen-bond acceptors (Lipinski definition) is 2. The fourth-order valence-corrected chi connectivity index (χ4v) is 1.30. The van der Waals surface area contributed by atoms with E-state index in [1.54, 1.807) is 0 Å². The minimum Gasteiger partial charge on any atom is -0.378 e. The Hall–Kier alpha value is -0.150. The second-order valence-corrected chi connectivity index (χ2v) is 3.73. The molecule has 0 heterocycles. The number of hydrogen-bond donors (Lipinski definition) is 1. The predicted molar refractivity (Wildman–Crippen MR) is 53.4 cm³/mol. The van der Waals surface area contributed by atoms with Crippen LogP contribution < -0.4 is 5.73 Å². The largest absolute Gasteiger partial charge is 0.378 e. The van der Waals surface area contributed by atoms with Crippen molar-refractivity contribution >= 4 is 0 Å². The highest BCUT2D eigenvalue weighted by Crippen LogP contribution is 2.17. The molecule has 80 valence electrons. The van der Waals surface area contributed by atoms with E-state index < -0.39 is 6.17 Å². The SMILES string of the molecule is CCCOCC(F)C(CN)C(C)C. The molecule has 0 spiro atoms. The fourth-order valence-electron chi connectivity index (χ4n) is 1.30. The van der Waals surface area contributed by atoms with Gasteiger partial charge in [-0.2, -0.15) is 0 Å². The summed E-state index contributed by atoms with van der Waals surface area (Å²) in [6, 6.07) is 0. The van der Waals surface area contributed by atoms with Gasteiger partial charge >= 0.3 is 0 Å². The van der Waals surface area contributed by atoms with Gasteiger partial charge in [-0.15, -0.1) is 0 Å². The summed E-state index contributed by atoms with van der Waals surface area (Å²) in [6.45, 7) is 7.21. The zero-order valence-electron chi connectivity index (χ0n) is 8.92. The van der Waals surface area contributed by atoms with E-state index in [0.717, 1.165) is 6.42 Å². The van der Waals surface area contributed by atoms with Crippen LogP contribution in [0.4, 0.5) is 4.39 Å². The molecule has 0 aromatic heterocycles. The van der Waals surface area contributed by atoms with Gasteiger partial charge in [-0.25, -0.2) is 4.39 Å². The highest BCUT2D eigenvalue weighted by Gasteiger charge is 2.22. The summed E-state index contributed by atoms with van der Waals surface area (Å²) in [5.41, 5.74) is 5.48. The Bertz CT molecular complexity index is 119. The molecule has 2 N–H and O–H groups in total. The van der Waals surface area contributed by atoms with Gasteiger partial charge in [-0.1, -0.05) is 20.8 Å². The van der Waals surface area contributed by atoms with E-state index in [9.17, 15) is 4.39 Å². The van der Waals surface area contributed by atoms with Crippen molar-refractivity contribution in [1.82, 2.24) is 0 Å². The quantitative estimate of drug-likeness (QED) is 0.624. The minimum atomic E-state index is -0.920. The maximum atomic E-state index is 13.4. The Morgan fingerprint density at radius 2 is 2.00 bits per heavy atom. The van der Waals surface area contributed by atoms with Crippen molar-refractivity contribution in [3.8, 4) is 0 Å². The standard InChI is InChI=1S/C10H22FNO/c1-4-5-13-7-10(11)9(6-12)8(2)3/h8-10H,4-7,12H2,1-3H3. The molecule has 0 saturated heterocycles. The predicted octanol–water partition coefficient (Wildman–Crippen LogP) is 1.98. The first-order chi connectivity index (χ1) is 6.13. The second-order valence-electron chi connectivity index (χ2n) is 3.73. The average Bonchev–Trinajstić information content (AvgIpc) is 2.05. The zero-order valence-corrected chi connectivity index (χ0v) is 8.92. The van der Waals surface area contributed by atoms with Crippen molar-refractivity contribution in [3.05, 3.63) is 0 Å². The lowest BCUT2D eigenvalue weighted by Gasteiger charge is -2.22. The first-order valence-electron chi connectivity index (χ1n) is 5.05. The molecule has 0 aromatic carbocycles. The molecule has 0 radical (unpaired) electrons. The van der Waals surface area contributed by atoms with Gasteiger partial charge in [0.05, 0.1) is 6.61 Å². The van der Waals surface area contributed by atoms with Crippen LogP contribution in [0.3, 0.4) is 0 Å². The van der Waals surface area contributed by atoms with E-state index in [4.69, 9.17) is 10.5 Å². The van der Waals surface area contributed by atoms with Gasteiger partial charge in [0.25, 0.3) is 0 Å². The van der Waals surface area contributed by atoms with Crippen molar-refractivity contribution in [2.75, 3.05) is 19.8 Å². The molecule has 2 nitrogen and oxygen atoms in total. The lowest BCUT2D eigenvalue weighted by molar-refractivity contribution is 0.0450. The van der Waals surface area contributed by atoms with E-state index in [1.165, 1.54) is 0 Å². The Morgan fingerprint density at radius 1 is 1.38 bits per heavy atom. The van der Waals surface area contributed by atoms with Crippen LogP contribution in [0.25, 0.3) is 0 Å². The highest BCUT2D eigenvalue weighted by molar-refractivity contribution is 4.72. The Kier molecular flexibility index (Phi) is 7.19. The van der Waals surface area contributed by atoms with Crippen LogP contribution in [0, 0.1) is 11.8 Å². The fraction of sp³-hybridized carbons (Fsp3) is 1.00. The first kappa shape index (κ1) is 12.8. The van der Waals surface area contributed by atoms with E-state index in [1.807, 2.05) is 20.8 Å². The van der Waals surface area contributed by atoms with E-state index in [-0.39, 0.29) is 18.4 Å². The molecule has 3 heteroatoms.